The maximum Gasteiger partial charge on any atom is 0.322 e. The number of nitrogens with one attached hydrogen (secondary N) is 2. The molecule has 122 valence electrons. The van der Waals surface area contributed by atoms with Gasteiger partial charge in [0.05, 0.1) is 39.2 Å². The molecule has 0 aromatic heterocycles. The number of hydrogen-bond donors (Lipinski definition) is 2. The van der Waals surface area contributed by atoms with Gasteiger partial charge in [0.2, 0.25) is 5.66 Å². The Morgan fingerprint density at radius 2 is 1.73 bits per heavy atom. The Bertz CT molecular complexity index is 504. The third-order valence-electron chi connectivity index (χ3n) is 7.00. The number of ketones is 1. The van der Waals surface area contributed by atoms with E-state index in [9.17, 15) is 9.59 Å². The minimum Gasteiger partial charge on any atom is -0.465 e. The summed E-state index contributed by atoms with van der Waals surface area (Å²) in [7, 11) is 0. The molecule has 5 heteroatoms. The van der Waals surface area contributed by atoms with Crippen LogP contribution in [0.4, 0.5) is 0 Å². The fourth-order valence-electron chi connectivity index (χ4n) is 6.48. The van der Waals surface area contributed by atoms with Crippen LogP contribution in [-0.4, -0.2) is 50.2 Å². The first-order valence-electron chi connectivity index (χ1n) is 8.78. The number of Topliss-reactive ketones (excluding diaryl/α,β-unsaturated/α-hetero) is 1. The van der Waals surface area contributed by atoms with Crippen LogP contribution in [-0.2, 0) is 14.3 Å². The molecule has 0 amide bonds. The maximum atomic E-state index is 12.8. The minimum atomic E-state index is -0.192. The summed E-state index contributed by atoms with van der Waals surface area (Å²) < 4.78 is 5.40. The van der Waals surface area contributed by atoms with Gasteiger partial charge in [0.15, 0.2) is 11.7 Å². The lowest BCUT2D eigenvalue weighted by Crippen LogP contribution is -3.50. The van der Waals surface area contributed by atoms with Gasteiger partial charge in [0.1, 0.15) is 10.8 Å². The van der Waals surface area contributed by atoms with Crippen molar-refractivity contribution in [3.63, 3.8) is 0 Å². The Balaban J connectivity index is 1.73. The zero-order valence-corrected chi connectivity index (χ0v) is 14.0. The first-order chi connectivity index (χ1) is 10.4. The van der Waals surface area contributed by atoms with E-state index >= 15 is 0 Å². The molecule has 0 unspecified atom stereocenters. The van der Waals surface area contributed by atoms with Crippen LogP contribution in [0, 0.1) is 16.7 Å². The number of carbonyl (C=O) groups is 2. The van der Waals surface area contributed by atoms with Crippen molar-refractivity contribution < 1.29 is 24.1 Å². The quantitative estimate of drug-likeness (QED) is 0.607. The predicted octanol–water partition coefficient (Wildman–Crippen LogP) is -1.56. The van der Waals surface area contributed by atoms with Gasteiger partial charge in [-0.3, -0.25) is 19.4 Å². The molecule has 5 rings (SSSR count). The molecule has 1 aliphatic carbocycles. The summed E-state index contributed by atoms with van der Waals surface area (Å²) in [4.78, 5) is 28.4. The van der Waals surface area contributed by atoms with Gasteiger partial charge in [0, 0.05) is 0 Å². The Kier molecular flexibility index (Phi) is 2.88. The number of hydrogen-bond acceptors (Lipinski definition) is 3. The summed E-state index contributed by atoms with van der Waals surface area (Å²) in [6.45, 7) is 10.3. The molecule has 0 radical (unpaired) electrons. The van der Waals surface area contributed by atoms with E-state index in [0.717, 1.165) is 45.4 Å². The second-order valence-electron chi connectivity index (χ2n) is 8.53. The van der Waals surface area contributed by atoms with E-state index in [4.69, 9.17) is 4.74 Å². The van der Waals surface area contributed by atoms with Crippen molar-refractivity contribution in [3.8, 4) is 0 Å². The fourth-order valence-corrected chi connectivity index (χ4v) is 6.48. The number of piperidine rings is 2. The Labute approximate surface area is 132 Å². The molecule has 4 heterocycles. The average molecular weight is 308 g/mol. The van der Waals surface area contributed by atoms with E-state index in [-0.39, 0.29) is 28.4 Å². The molecule has 4 bridgehead atoms. The number of quaternary nitrogens is 2. The van der Waals surface area contributed by atoms with Crippen molar-refractivity contribution in [2.75, 3.05) is 32.8 Å². The van der Waals surface area contributed by atoms with Crippen molar-refractivity contribution in [1.82, 2.24) is 0 Å². The normalized spacial score (nSPS) is 52.5. The molecule has 2 N–H and O–H groups in total. The van der Waals surface area contributed by atoms with Crippen LogP contribution in [0.15, 0.2) is 0 Å². The smallest absolute Gasteiger partial charge is 0.322 e. The van der Waals surface area contributed by atoms with Crippen LogP contribution in [0.1, 0.15) is 40.0 Å². The van der Waals surface area contributed by atoms with Gasteiger partial charge >= 0.3 is 5.97 Å². The van der Waals surface area contributed by atoms with Gasteiger partial charge in [0.25, 0.3) is 0 Å². The third kappa shape index (κ3) is 1.56. The molecule has 5 nitrogen and oxygen atoms in total. The molecule has 0 aromatic carbocycles. The average Bonchev–Trinajstić information content (AvgIpc) is 2.86. The third-order valence-corrected chi connectivity index (χ3v) is 7.00. The first kappa shape index (κ1) is 14.6. The molecule has 22 heavy (non-hydrogen) atoms. The standard InChI is InChI=1S/C17H26N2O3/c1-4-22-13(20)12-6-5-7-17(12)18-8-15(2)9-19(17)11-16(3,10-18)14(15)21/h12H,4-11H2,1-3H3/p+2/t12-,15?,16?,17?/m0/s1. The summed E-state index contributed by atoms with van der Waals surface area (Å²) in [6.07, 6.45) is 3.16. The predicted molar refractivity (Wildman–Crippen MR) is 79.3 cm³/mol. The van der Waals surface area contributed by atoms with E-state index in [0.29, 0.717) is 12.4 Å². The zero-order chi connectivity index (χ0) is 15.8. The molecule has 4 aliphatic heterocycles. The second kappa shape index (κ2) is 4.32. The SMILES string of the molecule is CCOC(=O)[C@@H]1CCCC12[NH+]1CC3(C)C[NH+]2CC(C)(C1)C3=O. The van der Waals surface area contributed by atoms with Crippen LogP contribution in [0.25, 0.3) is 0 Å². The molecular formula is C17H28N2O3+2. The van der Waals surface area contributed by atoms with Crippen molar-refractivity contribution >= 4 is 11.8 Å². The Hall–Kier alpha value is -0.940. The number of rotatable bonds is 2. The highest BCUT2D eigenvalue weighted by Gasteiger charge is 2.76. The molecule has 1 atom stereocenters. The topological polar surface area (TPSA) is 52.2 Å². The largest absolute Gasteiger partial charge is 0.465 e. The van der Waals surface area contributed by atoms with Gasteiger partial charge in [-0.05, 0) is 33.6 Å². The molecule has 1 spiro atoms. The van der Waals surface area contributed by atoms with Crippen LogP contribution in [0.2, 0.25) is 0 Å². The summed E-state index contributed by atoms with van der Waals surface area (Å²) >= 11 is 0. The van der Waals surface area contributed by atoms with Crippen LogP contribution < -0.4 is 9.80 Å². The Morgan fingerprint density at radius 3 is 2.23 bits per heavy atom. The van der Waals surface area contributed by atoms with E-state index in [1.165, 1.54) is 9.80 Å². The highest BCUT2D eigenvalue weighted by molar-refractivity contribution is 5.91. The lowest BCUT2D eigenvalue weighted by Gasteiger charge is -2.64. The van der Waals surface area contributed by atoms with Gasteiger partial charge in [-0.2, -0.15) is 0 Å². The highest BCUT2D eigenvalue weighted by Crippen LogP contribution is 2.41. The van der Waals surface area contributed by atoms with E-state index < -0.39 is 0 Å². The Morgan fingerprint density at radius 1 is 1.18 bits per heavy atom. The van der Waals surface area contributed by atoms with Gasteiger partial charge < -0.3 is 4.74 Å². The monoisotopic (exact) mass is 308 g/mol. The van der Waals surface area contributed by atoms with Crippen molar-refractivity contribution in [2.24, 2.45) is 16.7 Å². The summed E-state index contributed by atoms with van der Waals surface area (Å²) in [6, 6.07) is 0. The summed E-state index contributed by atoms with van der Waals surface area (Å²) in [5.74, 6) is 0.474. The van der Waals surface area contributed by atoms with E-state index in [1.807, 2.05) is 6.92 Å². The highest BCUT2D eigenvalue weighted by atomic mass is 16.5. The fraction of sp³-hybridized carbons (Fsp3) is 0.882. The zero-order valence-electron chi connectivity index (χ0n) is 14.0. The van der Waals surface area contributed by atoms with Crippen LogP contribution in [0.3, 0.4) is 0 Å². The summed E-state index contributed by atoms with van der Waals surface area (Å²) in [5.41, 5.74) is -0.405. The van der Waals surface area contributed by atoms with Crippen molar-refractivity contribution in [1.29, 1.82) is 0 Å². The van der Waals surface area contributed by atoms with Crippen LogP contribution in [0.5, 0.6) is 0 Å². The number of ether oxygens (including phenoxy) is 1. The van der Waals surface area contributed by atoms with Gasteiger partial charge in [-0.1, -0.05) is 0 Å². The molecule has 5 aliphatic rings. The van der Waals surface area contributed by atoms with Crippen molar-refractivity contribution in [2.45, 2.75) is 45.7 Å². The number of carbonyl (C=O) groups excluding carboxylic acids is 2. The van der Waals surface area contributed by atoms with Crippen molar-refractivity contribution in [3.05, 3.63) is 0 Å². The minimum absolute atomic E-state index is 0.00546. The van der Waals surface area contributed by atoms with Crippen LogP contribution >= 0.6 is 0 Å². The van der Waals surface area contributed by atoms with Gasteiger partial charge in [-0.25, -0.2) is 0 Å². The molecular weight excluding hydrogens is 280 g/mol. The number of esters is 1. The maximum absolute atomic E-state index is 12.8. The van der Waals surface area contributed by atoms with E-state index in [1.54, 1.807) is 0 Å². The first-order valence-corrected chi connectivity index (χ1v) is 8.78. The molecule has 5 fully saturated rings. The lowest BCUT2D eigenvalue weighted by molar-refractivity contribution is -1.20. The molecule has 1 saturated carbocycles. The lowest BCUT2D eigenvalue weighted by atomic mass is 9.59. The summed E-state index contributed by atoms with van der Waals surface area (Å²) in [5, 5.41) is 0. The van der Waals surface area contributed by atoms with Gasteiger partial charge in [-0.15, -0.1) is 0 Å². The van der Waals surface area contributed by atoms with E-state index in [2.05, 4.69) is 13.8 Å². The molecule has 4 saturated heterocycles. The molecule has 0 aromatic rings. The second-order valence-corrected chi connectivity index (χ2v) is 8.53.